The van der Waals surface area contributed by atoms with Crippen LogP contribution in [0.5, 0.6) is 0 Å². The highest BCUT2D eigenvalue weighted by molar-refractivity contribution is 5.21. The van der Waals surface area contributed by atoms with E-state index in [9.17, 15) is 0 Å². The predicted octanol–water partition coefficient (Wildman–Crippen LogP) is 3.71. The van der Waals surface area contributed by atoms with Crippen molar-refractivity contribution >= 4 is 0 Å². The Morgan fingerprint density at radius 1 is 0.818 bits per heavy atom. The Hall–Kier alpha value is -1.64. The van der Waals surface area contributed by atoms with Crippen LogP contribution in [0.15, 0.2) is 60.7 Å². The van der Waals surface area contributed by atoms with E-state index in [2.05, 4.69) is 70.5 Å². The summed E-state index contributed by atoms with van der Waals surface area (Å²) in [7, 11) is 0. The topological polar surface area (TPSA) is 6.48 Å². The minimum Gasteiger partial charge on any atom is -0.296 e. The molecule has 0 saturated carbocycles. The van der Waals surface area contributed by atoms with E-state index in [0.29, 0.717) is 6.04 Å². The second kappa shape index (κ2) is 6.23. The number of benzene rings is 2. The molecule has 2 atom stereocenters. The second-order valence-corrected chi connectivity index (χ2v) is 6.62. The van der Waals surface area contributed by atoms with E-state index < -0.39 is 0 Å². The van der Waals surface area contributed by atoms with Gasteiger partial charge in [0.15, 0.2) is 0 Å². The van der Waals surface area contributed by atoms with Crippen molar-refractivity contribution in [1.29, 1.82) is 0 Å². The SMILES string of the molecule is c1ccc(CN2CCN3[C@@H](CC[C@@H]3c3ccccc3)C2)cc1. The summed E-state index contributed by atoms with van der Waals surface area (Å²) in [5, 5.41) is 0. The monoisotopic (exact) mass is 292 g/mol. The average molecular weight is 292 g/mol. The van der Waals surface area contributed by atoms with Gasteiger partial charge in [0.1, 0.15) is 0 Å². The van der Waals surface area contributed by atoms with Crippen LogP contribution in [0.2, 0.25) is 0 Å². The quantitative estimate of drug-likeness (QED) is 0.851. The Balaban J connectivity index is 1.42. The van der Waals surface area contributed by atoms with E-state index in [0.717, 1.165) is 12.6 Å². The van der Waals surface area contributed by atoms with Gasteiger partial charge >= 0.3 is 0 Å². The van der Waals surface area contributed by atoms with Gasteiger partial charge in [-0.2, -0.15) is 0 Å². The third-order valence-electron chi connectivity index (χ3n) is 5.22. The maximum absolute atomic E-state index is 2.75. The largest absolute Gasteiger partial charge is 0.296 e. The first-order valence-corrected chi connectivity index (χ1v) is 8.47. The summed E-state index contributed by atoms with van der Waals surface area (Å²) in [4.78, 5) is 5.38. The van der Waals surface area contributed by atoms with Crippen LogP contribution in [0.1, 0.15) is 30.0 Å². The standard InChI is InChI=1S/C20H24N2/c1-3-7-17(8-4-1)15-21-13-14-22-19(16-21)11-12-20(22)18-9-5-2-6-10-18/h1-10,19-20H,11-16H2/t19-,20+/m0/s1. The summed E-state index contributed by atoms with van der Waals surface area (Å²) in [6.45, 7) is 4.71. The third-order valence-corrected chi connectivity index (χ3v) is 5.22. The number of piperazine rings is 1. The molecule has 0 bridgehead atoms. The maximum Gasteiger partial charge on any atom is 0.0352 e. The molecule has 0 aromatic heterocycles. The molecule has 0 unspecified atom stereocenters. The molecule has 2 nitrogen and oxygen atoms in total. The lowest BCUT2D eigenvalue weighted by Crippen LogP contribution is -2.50. The van der Waals surface area contributed by atoms with Gasteiger partial charge in [-0.3, -0.25) is 9.80 Å². The molecule has 2 fully saturated rings. The number of hydrogen-bond acceptors (Lipinski definition) is 2. The molecule has 0 aliphatic carbocycles. The van der Waals surface area contributed by atoms with Gasteiger partial charge in [0.2, 0.25) is 0 Å². The predicted molar refractivity (Wildman–Crippen MR) is 90.6 cm³/mol. The Bertz CT molecular complexity index is 596. The van der Waals surface area contributed by atoms with Gasteiger partial charge in [0.05, 0.1) is 0 Å². The molecule has 0 N–H and O–H groups in total. The van der Waals surface area contributed by atoms with Crippen LogP contribution in [-0.2, 0) is 6.54 Å². The summed E-state index contributed by atoms with van der Waals surface area (Å²) in [6.07, 6.45) is 2.65. The number of rotatable bonds is 3. The fourth-order valence-electron chi connectivity index (χ4n) is 4.14. The van der Waals surface area contributed by atoms with Crippen LogP contribution in [0.3, 0.4) is 0 Å². The van der Waals surface area contributed by atoms with Gasteiger partial charge in [0, 0.05) is 38.3 Å². The molecule has 2 aromatic rings. The zero-order valence-electron chi connectivity index (χ0n) is 13.1. The zero-order chi connectivity index (χ0) is 14.8. The van der Waals surface area contributed by atoms with E-state index in [-0.39, 0.29) is 0 Å². The van der Waals surface area contributed by atoms with Crippen molar-refractivity contribution in [2.45, 2.75) is 31.5 Å². The Morgan fingerprint density at radius 2 is 1.55 bits per heavy atom. The Kier molecular flexibility index (Phi) is 3.96. The van der Waals surface area contributed by atoms with Crippen LogP contribution in [0.25, 0.3) is 0 Å². The van der Waals surface area contributed by atoms with Gasteiger partial charge in [-0.25, -0.2) is 0 Å². The highest BCUT2D eigenvalue weighted by Gasteiger charge is 2.37. The van der Waals surface area contributed by atoms with Crippen molar-refractivity contribution in [3.05, 3.63) is 71.8 Å². The molecule has 4 rings (SSSR count). The summed E-state index contributed by atoms with van der Waals surface area (Å²) < 4.78 is 0. The van der Waals surface area contributed by atoms with Gasteiger partial charge in [0.25, 0.3) is 0 Å². The molecule has 2 heterocycles. The summed E-state index contributed by atoms with van der Waals surface area (Å²) in [5.41, 5.74) is 2.94. The summed E-state index contributed by atoms with van der Waals surface area (Å²) >= 11 is 0. The van der Waals surface area contributed by atoms with Crippen molar-refractivity contribution in [2.24, 2.45) is 0 Å². The lowest BCUT2D eigenvalue weighted by Gasteiger charge is -2.40. The van der Waals surface area contributed by atoms with E-state index >= 15 is 0 Å². The van der Waals surface area contributed by atoms with Crippen molar-refractivity contribution < 1.29 is 0 Å². The molecule has 0 radical (unpaired) electrons. The average Bonchev–Trinajstić information content (AvgIpc) is 3.00. The fraction of sp³-hybridized carbons (Fsp3) is 0.400. The minimum atomic E-state index is 0.644. The lowest BCUT2D eigenvalue weighted by atomic mass is 10.0. The highest BCUT2D eigenvalue weighted by atomic mass is 15.3. The molecule has 2 heteroatoms. The van der Waals surface area contributed by atoms with Crippen molar-refractivity contribution in [2.75, 3.05) is 19.6 Å². The summed E-state index contributed by atoms with van der Waals surface area (Å²) in [5.74, 6) is 0. The zero-order valence-corrected chi connectivity index (χ0v) is 13.1. The summed E-state index contributed by atoms with van der Waals surface area (Å²) in [6, 6.07) is 23.3. The molecule has 2 saturated heterocycles. The van der Waals surface area contributed by atoms with Crippen molar-refractivity contribution in [3.8, 4) is 0 Å². The molecule has 0 spiro atoms. The van der Waals surface area contributed by atoms with Crippen LogP contribution in [0, 0.1) is 0 Å². The first kappa shape index (κ1) is 14.0. The second-order valence-electron chi connectivity index (χ2n) is 6.62. The number of nitrogens with zero attached hydrogens (tertiary/aromatic N) is 2. The maximum atomic E-state index is 2.75. The van der Waals surface area contributed by atoms with E-state index in [1.807, 2.05) is 0 Å². The van der Waals surface area contributed by atoms with Crippen LogP contribution >= 0.6 is 0 Å². The van der Waals surface area contributed by atoms with Crippen LogP contribution in [-0.4, -0.2) is 35.5 Å². The molecule has 2 aliphatic rings. The Labute approximate surface area is 133 Å². The van der Waals surface area contributed by atoms with Gasteiger partial charge in [-0.1, -0.05) is 60.7 Å². The molecule has 2 aromatic carbocycles. The smallest absolute Gasteiger partial charge is 0.0352 e. The molecule has 22 heavy (non-hydrogen) atoms. The molecule has 114 valence electrons. The minimum absolute atomic E-state index is 0.644. The lowest BCUT2D eigenvalue weighted by molar-refractivity contribution is 0.0737. The van der Waals surface area contributed by atoms with Crippen molar-refractivity contribution in [1.82, 2.24) is 9.80 Å². The number of fused-ring (bicyclic) bond motifs is 1. The molecule has 0 amide bonds. The Morgan fingerprint density at radius 3 is 2.32 bits per heavy atom. The molecular formula is C20H24N2. The van der Waals surface area contributed by atoms with Crippen LogP contribution in [0.4, 0.5) is 0 Å². The molecular weight excluding hydrogens is 268 g/mol. The van der Waals surface area contributed by atoms with Gasteiger partial charge < -0.3 is 0 Å². The first-order valence-electron chi connectivity index (χ1n) is 8.47. The van der Waals surface area contributed by atoms with Gasteiger partial charge in [-0.15, -0.1) is 0 Å². The van der Waals surface area contributed by atoms with E-state index in [4.69, 9.17) is 0 Å². The van der Waals surface area contributed by atoms with Crippen LogP contribution < -0.4 is 0 Å². The van der Waals surface area contributed by atoms with Crippen molar-refractivity contribution in [3.63, 3.8) is 0 Å². The first-order chi connectivity index (χ1) is 10.9. The van der Waals surface area contributed by atoms with E-state index in [1.165, 1.54) is 43.6 Å². The third kappa shape index (κ3) is 2.81. The number of hydrogen-bond donors (Lipinski definition) is 0. The van der Waals surface area contributed by atoms with Gasteiger partial charge in [-0.05, 0) is 24.0 Å². The van der Waals surface area contributed by atoms with E-state index in [1.54, 1.807) is 0 Å². The molecule has 2 aliphatic heterocycles. The fourth-order valence-corrected chi connectivity index (χ4v) is 4.14. The normalized spacial score (nSPS) is 26.0. The highest BCUT2D eigenvalue weighted by Crippen LogP contribution is 2.37.